The van der Waals surface area contributed by atoms with Gasteiger partial charge in [-0.3, -0.25) is 4.79 Å². The predicted octanol–water partition coefficient (Wildman–Crippen LogP) is 3.26. The minimum absolute atomic E-state index is 0.106. The lowest BCUT2D eigenvalue weighted by atomic mass is 10.2. The number of nitrogens with zero attached hydrogens (tertiary/aromatic N) is 2. The molecule has 0 aliphatic rings. The lowest BCUT2D eigenvalue weighted by Crippen LogP contribution is -2.23. The van der Waals surface area contributed by atoms with Crippen molar-refractivity contribution in [1.29, 1.82) is 0 Å². The molecule has 24 heavy (non-hydrogen) atoms. The van der Waals surface area contributed by atoms with E-state index in [0.717, 1.165) is 11.3 Å². The predicted molar refractivity (Wildman–Crippen MR) is 90.1 cm³/mol. The molecule has 5 heteroatoms. The van der Waals surface area contributed by atoms with Crippen molar-refractivity contribution in [3.05, 3.63) is 83.9 Å². The summed E-state index contributed by atoms with van der Waals surface area (Å²) in [4.78, 5) is 11.9. The van der Waals surface area contributed by atoms with Crippen LogP contribution in [0.4, 0.5) is 4.39 Å². The number of para-hydroxylation sites is 1. The fourth-order valence-corrected chi connectivity index (χ4v) is 2.39. The lowest BCUT2D eigenvalue weighted by Gasteiger charge is -2.05. The summed E-state index contributed by atoms with van der Waals surface area (Å²) in [6, 6.07) is 16.2. The van der Waals surface area contributed by atoms with Crippen LogP contribution in [0.15, 0.2) is 67.0 Å². The van der Waals surface area contributed by atoms with Gasteiger partial charge in [0.15, 0.2) is 0 Å². The molecule has 0 atom stereocenters. The molecule has 3 aromatic rings. The van der Waals surface area contributed by atoms with Crippen LogP contribution in [0.2, 0.25) is 0 Å². The highest BCUT2D eigenvalue weighted by Crippen LogP contribution is 2.09. The SMILES string of the molecule is O=C(CCc1cnn(-c2ccccc2)c1)NCc1ccccc1F. The van der Waals surface area contributed by atoms with Crippen molar-refractivity contribution >= 4 is 5.91 Å². The van der Waals surface area contributed by atoms with Gasteiger partial charge in [0.25, 0.3) is 0 Å². The van der Waals surface area contributed by atoms with Crippen LogP contribution in [-0.4, -0.2) is 15.7 Å². The Morgan fingerprint density at radius 2 is 1.83 bits per heavy atom. The minimum atomic E-state index is -0.304. The maximum Gasteiger partial charge on any atom is 0.220 e. The zero-order valence-corrected chi connectivity index (χ0v) is 13.2. The van der Waals surface area contributed by atoms with E-state index in [0.29, 0.717) is 18.4 Å². The van der Waals surface area contributed by atoms with Crippen molar-refractivity contribution in [2.45, 2.75) is 19.4 Å². The van der Waals surface area contributed by atoms with E-state index >= 15 is 0 Å². The van der Waals surface area contributed by atoms with Crippen molar-refractivity contribution in [3.63, 3.8) is 0 Å². The van der Waals surface area contributed by atoms with E-state index in [2.05, 4.69) is 10.4 Å². The first kappa shape index (κ1) is 15.9. The molecular formula is C19H18FN3O. The molecule has 0 bridgehead atoms. The summed E-state index contributed by atoms with van der Waals surface area (Å²) < 4.78 is 15.3. The normalized spacial score (nSPS) is 10.5. The third kappa shape index (κ3) is 4.07. The molecule has 0 spiro atoms. The Bertz CT molecular complexity index is 814. The Hall–Kier alpha value is -2.95. The Morgan fingerprint density at radius 3 is 2.62 bits per heavy atom. The van der Waals surface area contributed by atoms with E-state index in [4.69, 9.17) is 0 Å². The molecular weight excluding hydrogens is 305 g/mol. The fourth-order valence-electron chi connectivity index (χ4n) is 2.39. The van der Waals surface area contributed by atoms with Crippen LogP contribution in [0.3, 0.4) is 0 Å². The maximum atomic E-state index is 13.5. The summed E-state index contributed by atoms with van der Waals surface area (Å²) in [5.41, 5.74) is 2.45. The van der Waals surface area contributed by atoms with Crippen molar-refractivity contribution in [1.82, 2.24) is 15.1 Å². The molecule has 0 saturated heterocycles. The summed E-state index contributed by atoms with van der Waals surface area (Å²) in [6.07, 6.45) is 4.61. The van der Waals surface area contributed by atoms with Crippen LogP contribution in [0.25, 0.3) is 5.69 Å². The molecule has 1 N–H and O–H groups in total. The molecule has 1 amide bonds. The molecule has 0 saturated carbocycles. The quantitative estimate of drug-likeness (QED) is 0.757. The standard InChI is InChI=1S/C19H18FN3O/c20-18-9-5-4-6-16(18)13-21-19(24)11-10-15-12-22-23(14-15)17-7-2-1-3-8-17/h1-9,12,14H,10-11,13H2,(H,21,24). The molecule has 0 aliphatic carbocycles. The van der Waals surface area contributed by atoms with Crippen LogP contribution >= 0.6 is 0 Å². The highest BCUT2D eigenvalue weighted by atomic mass is 19.1. The van der Waals surface area contributed by atoms with Gasteiger partial charge < -0.3 is 5.32 Å². The fraction of sp³-hybridized carbons (Fsp3) is 0.158. The number of rotatable bonds is 6. The minimum Gasteiger partial charge on any atom is -0.352 e. The number of benzene rings is 2. The van der Waals surface area contributed by atoms with Gasteiger partial charge in [0.05, 0.1) is 11.9 Å². The summed E-state index contributed by atoms with van der Waals surface area (Å²) in [5.74, 6) is -0.410. The summed E-state index contributed by atoms with van der Waals surface area (Å²) >= 11 is 0. The van der Waals surface area contributed by atoms with E-state index < -0.39 is 0 Å². The second-order valence-corrected chi connectivity index (χ2v) is 5.50. The average molecular weight is 323 g/mol. The molecule has 4 nitrogen and oxygen atoms in total. The first-order valence-corrected chi connectivity index (χ1v) is 7.81. The second kappa shape index (κ2) is 7.55. The number of amides is 1. The van der Waals surface area contributed by atoms with E-state index in [-0.39, 0.29) is 18.3 Å². The molecule has 0 fully saturated rings. The number of carbonyl (C=O) groups is 1. The molecule has 0 unspecified atom stereocenters. The molecule has 0 aliphatic heterocycles. The largest absolute Gasteiger partial charge is 0.352 e. The van der Waals surface area contributed by atoms with Crippen molar-refractivity contribution in [2.24, 2.45) is 0 Å². The smallest absolute Gasteiger partial charge is 0.220 e. The zero-order valence-electron chi connectivity index (χ0n) is 13.2. The molecule has 122 valence electrons. The van der Waals surface area contributed by atoms with Crippen LogP contribution in [-0.2, 0) is 17.8 Å². The van der Waals surface area contributed by atoms with E-state index in [9.17, 15) is 9.18 Å². The van der Waals surface area contributed by atoms with E-state index in [1.807, 2.05) is 36.5 Å². The van der Waals surface area contributed by atoms with Crippen molar-refractivity contribution in [2.75, 3.05) is 0 Å². The lowest BCUT2D eigenvalue weighted by molar-refractivity contribution is -0.121. The van der Waals surface area contributed by atoms with Crippen LogP contribution in [0, 0.1) is 5.82 Å². The number of aryl methyl sites for hydroxylation is 1. The Balaban J connectivity index is 1.50. The topological polar surface area (TPSA) is 46.9 Å². The monoisotopic (exact) mass is 323 g/mol. The van der Waals surface area contributed by atoms with Gasteiger partial charge in [-0.25, -0.2) is 9.07 Å². The van der Waals surface area contributed by atoms with Gasteiger partial charge in [0, 0.05) is 24.7 Å². The highest BCUT2D eigenvalue weighted by molar-refractivity contribution is 5.76. The Labute approximate surface area is 139 Å². The van der Waals surface area contributed by atoms with E-state index in [1.54, 1.807) is 29.1 Å². The third-order valence-electron chi connectivity index (χ3n) is 3.73. The molecule has 3 rings (SSSR count). The number of halogens is 1. The van der Waals surface area contributed by atoms with Crippen LogP contribution < -0.4 is 5.32 Å². The van der Waals surface area contributed by atoms with Gasteiger partial charge in [-0.1, -0.05) is 36.4 Å². The van der Waals surface area contributed by atoms with Gasteiger partial charge in [-0.15, -0.1) is 0 Å². The van der Waals surface area contributed by atoms with Crippen molar-refractivity contribution in [3.8, 4) is 5.69 Å². The number of nitrogens with one attached hydrogen (secondary N) is 1. The molecule has 1 heterocycles. The molecule has 0 radical (unpaired) electrons. The Kier molecular flexibility index (Phi) is 5.01. The summed E-state index contributed by atoms with van der Waals surface area (Å²) in [5, 5.41) is 7.05. The first-order valence-electron chi connectivity index (χ1n) is 7.81. The number of hydrogen-bond donors (Lipinski definition) is 1. The van der Waals surface area contributed by atoms with Gasteiger partial charge in [0.1, 0.15) is 5.82 Å². The van der Waals surface area contributed by atoms with Gasteiger partial charge in [-0.2, -0.15) is 5.10 Å². The number of hydrogen-bond acceptors (Lipinski definition) is 2. The maximum absolute atomic E-state index is 13.5. The van der Waals surface area contributed by atoms with Crippen molar-refractivity contribution < 1.29 is 9.18 Å². The van der Waals surface area contributed by atoms with Crippen LogP contribution in [0.1, 0.15) is 17.5 Å². The summed E-state index contributed by atoms with van der Waals surface area (Å²) in [6.45, 7) is 0.203. The third-order valence-corrected chi connectivity index (χ3v) is 3.73. The number of carbonyl (C=O) groups excluding carboxylic acids is 1. The second-order valence-electron chi connectivity index (χ2n) is 5.50. The van der Waals surface area contributed by atoms with Gasteiger partial charge >= 0.3 is 0 Å². The summed E-state index contributed by atoms with van der Waals surface area (Å²) in [7, 11) is 0. The first-order chi connectivity index (χ1) is 11.7. The zero-order chi connectivity index (χ0) is 16.8. The van der Waals surface area contributed by atoms with Gasteiger partial charge in [-0.05, 0) is 30.2 Å². The Morgan fingerprint density at radius 1 is 1.08 bits per heavy atom. The van der Waals surface area contributed by atoms with Gasteiger partial charge in [0.2, 0.25) is 5.91 Å². The number of aromatic nitrogens is 2. The average Bonchev–Trinajstić information content (AvgIpc) is 3.09. The molecule has 1 aromatic heterocycles. The van der Waals surface area contributed by atoms with Crippen LogP contribution in [0.5, 0.6) is 0 Å². The highest BCUT2D eigenvalue weighted by Gasteiger charge is 2.07. The molecule has 2 aromatic carbocycles. The van der Waals surface area contributed by atoms with E-state index in [1.165, 1.54) is 6.07 Å².